The zero-order valence-electron chi connectivity index (χ0n) is 25.3. The van der Waals surface area contributed by atoms with Crippen molar-refractivity contribution in [3.05, 3.63) is 70.8 Å². The third-order valence-corrected chi connectivity index (χ3v) is 8.44. The van der Waals surface area contributed by atoms with Gasteiger partial charge in [-0.1, -0.05) is 12.6 Å². The minimum absolute atomic E-state index is 0.0260. The van der Waals surface area contributed by atoms with Gasteiger partial charge < -0.3 is 36.7 Å². The van der Waals surface area contributed by atoms with Gasteiger partial charge in [0.15, 0.2) is 5.82 Å². The van der Waals surface area contributed by atoms with E-state index < -0.39 is 11.9 Å². The Balaban J connectivity index is 1.75. The number of halogens is 1. The van der Waals surface area contributed by atoms with Gasteiger partial charge in [-0.15, -0.1) is 0 Å². The van der Waals surface area contributed by atoms with Crippen LogP contribution in [0.5, 0.6) is 0 Å². The highest BCUT2D eigenvalue weighted by molar-refractivity contribution is 6.08. The maximum absolute atomic E-state index is 16.8. The molecule has 3 atom stereocenters. The van der Waals surface area contributed by atoms with Crippen LogP contribution in [0.4, 0.5) is 27.3 Å². The van der Waals surface area contributed by atoms with Crippen LogP contribution in [-0.4, -0.2) is 74.5 Å². The van der Waals surface area contributed by atoms with Crippen molar-refractivity contribution in [3.63, 3.8) is 0 Å². The van der Waals surface area contributed by atoms with Gasteiger partial charge >= 0.3 is 0 Å². The number of anilines is 4. The standard InChI is InChI=1S/C32H38FN9O2/c1-6-23(44)41-15-20-10-12-38-29-25(31(36)42(20)14-18(41)4)32(39-27-17(3)9-11-37-28(27)19(5)43)40-30(26(29)33)24-16(2)7-8-22(35)21(24)13-34/h6-9,11,13,18-20,34,36,38,43H,1,10,12,14-15,35H2,2-5H3,(H,39,40). The number of nitrogen functional groups attached to an aromatic ring is 1. The number of aryl methyl sites for hydroxylation is 2. The van der Waals surface area contributed by atoms with E-state index in [1.807, 2.05) is 18.7 Å². The summed E-state index contributed by atoms with van der Waals surface area (Å²) in [4.78, 5) is 25.4. The Labute approximate surface area is 256 Å². The minimum atomic E-state index is -0.918. The number of fused-ring (bicyclic) bond motifs is 2. The highest BCUT2D eigenvalue weighted by Crippen LogP contribution is 2.41. The first-order chi connectivity index (χ1) is 21.0. The van der Waals surface area contributed by atoms with Crippen LogP contribution in [0, 0.1) is 30.5 Å². The number of piperazine rings is 1. The summed E-state index contributed by atoms with van der Waals surface area (Å²) < 4.78 is 16.8. The third-order valence-electron chi connectivity index (χ3n) is 8.44. The van der Waals surface area contributed by atoms with E-state index in [-0.39, 0.29) is 46.6 Å². The molecular weight excluding hydrogens is 561 g/mol. The van der Waals surface area contributed by atoms with Gasteiger partial charge in [0.2, 0.25) is 5.91 Å². The number of hydrogen-bond donors (Lipinski definition) is 6. The molecule has 1 saturated heterocycles. The van der Waals surface area contributed by atoms with Crippen molar-refractivity contribution in [1.82, 2.24) is 19.8 Å². The fraction of sp³-hybridized carbons (Fsp3) is 0.344. The maximum atomic E-state index is 16.8. The molecule has 12 heteroatoms. The molecule has 5 rings (SSSR count). The van der Waals surface area contributed by atoms with Crippen LogP contribution in [0.25, 0.3) is 11.3 Å². The molecule has 4 heterocycles. The monoisotopic (exact) mass is 599 g/mol. The molecule has 11 nitrogen and oxygen atoms in total. The number of carbonyl (C=O) groups is 1. The van der Waals surface area contributed by atoms with Crippen molar-refractivity contribution in [2.75, 3.05) is 36.0 Å². The molecule has 2 aliphatic heterocycles. The van der Waals surface area contributed by atoms with Crippen molar-refractivity contribution in [2.45, 2.75) is 52.3 Å². The Hall–Kier alpha value is -4.84. The van der Waals surface area contributed by atoms with Gasteiger partial charge in [0.05, 0.1) is 28.7 Å². The molecule has 1 aromatic carbocycles. The number of nitrogens with zero attached hydrogens (tertiary/aromatic N) is 4. The number of amides is 1. The fourth-order valence-corrected chi connectivity index (χ4v) is 6.10. The Bertz CT molecular complexity index is 1670. The summed E-state index contributed by atoms with van der Waals surface area (Å²) in [5, 5.41) is 34.6. The number of aromatic nitrogens is 2. The molecule has 0 bridgehead atoms. The average Bonchev–Trinajstić information content (AvgIpc) is 2.99. The van der Waals surface area contributed by atoms with Crippen LogP contribution < -0.4 is 16.4 Å². The second-order valence-corrected chi connectivity index (χ2v) is 11.4. The van der Waals surface area contributed by atoms with Crippen LogP contribution in [-0.2, 0) is 4.79 Å². The van der Waals surface area contributed by atoms with E-state index >= 15 is 4.39 Å². The van der Waals surface area contributed by atoms with Crippen molar-refractivity contribution in [2.24, 2.45) is 0 Å². The second kappa shape index (κ2) is 12.0. The molecule has 0 aliphatic carbocycles. The summed E-state index contributed by atoms with van der Waals surface area (Å²) in [7, 11) is 0. The lowest BCUT2D eigenvalue weighted by Crippen LogP contribution is -2.61. The number of aliphatic hydroxyl groups excluding tert-OH is 1. The number of aliphatic hydroxyl groups is 1. The normalized spacial score (nSPS) is 18.7. The number of pyridine rings is 2. The second-order valence-electron chi connectivity index (χ2n) is 11.4. The van der Waals surface area contributed by atoms with E-state index in [0.29, 0.717) is 59.8 Å². The zero-order chi connectivity index (χ0) is 31.9. The Morgan fingerprint density at radius 3 is 2.70 bits per heavy atom. The molecule has 44 heavy (non-hydrogen) atoms. The number of hydrogen-bond acceptors (Lipinski definition) is 9. The minimum Gasteiger partial charge on any atom is -0.398 e. The summed E-state index contributed by atoms with van der Waals surface area (Å²) >= 11 is 0. The van der Waals surface area contributed by atoms with Crippen molar-refractivity contribution >= 4 is 40.8 Å². The molecule has 0 saturated carbocycles. The van der Waals surface area contributed by atoms with E-state index in [1.54, 1.807) is 43.1 Å². The lowest BCUT2D eigenvalue weighted by molar-refractivity contribution is -0.131. The number of nitrogens with one attached hydrogen (secondary N) is 4. The van der Waals surface area contributed by atoms with Crippen LogP contribution in [0.2, 0.25) is 0 Å². The highest BCUT2D eigenvalue weighted by atomic mass is 19.1. The molecule has 2 aliphatic rings. The first kappa shape index (κ1) is 30.6. The lowest BCUT2D eigenvalue weighted by Gasteiger charge is -2.47. The van der Waals surface area contributed by atoms with Gasteiger partial charge in [0, 0.05) is 60.9 Å². The molecule has 0 spiro atoms. The maximum Gasteiger partial charge on any atom is 0.246 e. The van der Waals surface area contributed by atoms with Crippen LogP contribution >= 0.6 is 0 Å². The van der Waals surface area contributed by atoms with E-state index in [4.69, 9.17) is 16.1 Å². The average molecular weight is 600 g/mol. The predicted molar refractivity (Wildman–Crippen MR) is 171 cm³/mol. The van der Waals surface area contributed by atoms with E-state index in [9.17, 15) is 15.3 Å². The summed E-state index contributed by atoms with van der Waals surface area (Å²) in [6.45, 7) is 11.9. The quantitative estimate of drug-likeness (QED) is 0.137. The van der Waals surface area contributed by atoms with Gasteiger partial charge in [0.25, 0.3) is 0 Å². The molecule has 7 N–H and O–H groups in total. The number of nitrogens with two attached hydrogens (primary N) is 1. The molecule has 1 amide bonds. The SMILES string of the molecule is C=CC(=O)N1CC2CCNc3c(F)c(-c4c(C)ccc(N)c4C=N)nc(Nc4c(C)ccnc4C(C)O)c3C(=N)N2CC1C. The molecule has 2 aromatic heterocycles. The van der Waals surface area contributed by atoms with E-state index in [1.165, 1.54) is 6.08 Å². The Morgan fingerprint density at radius 2 is 2.02 bits per heavy atom. The van der Waals surface area contributed by atoms with Gasteiger partial charge in [-0.2, -0.15) is 0 Å². The smallest absolute Gasteiger partial charge is 0.246 e. The molecule has 3 unspecified atom stereocenters. The molecule has 3 aromatic rings. The van der Waals surface area contributed by atoms with Crippen LogP contribution in [0.3, 0.4) is 0 Å². The largest absolute Gasteiger partial charge is 0.398 e. The van der Waals surface area contributed by atoms with Crippen LogP contribution in [0.15, 0.2) is 37.1 Å². The Kier molecular flexibility index (Phi) is 8.38. The van der Waals surface area contributed by atoms with E-state index in [2.05, 4.69) is 22.2 Å². The number of rotatable bonds is 6. The number of benzene rings is 1. The predicted octanol–water partition coefficient (Wildman–Crippen LogP) is 4.50. The number of carbonyl (C=O) groups excluding carboxylic acids is 1. The van der Waals surface area contributed by atoms with Crippen molar-refractivity contribution < 1.29 is 14.3 Å². The van der Waals surface area contributed by atoms with Crippen molar-refractivity contribution in [3.8, 4) is 11.3 Å². The van der Waals surface area contributed by atoms with Gasteiger partial charge in [-0.25, -0.2) is 9.37 Å². The van der Waals surface area contributed by atoms with Crippen LogP contribution in [0.1, 0.15) is 54.3 Å². The summed E-state index contributed by atoms with van der Waals surface area (Å²) in [5.41, 5.74) is 9.83. The lowest BCUT2D eigenvalue weighted by atomic mass is 9.94. The number of amidine groups is 1. The van der Waals surface area contributed by atoms with Gasteiger partial charge in [-0.3, -0.25) is 15.2 Å². The molecule has 0 radical (unpaired) electrons. The summed E-state index contributed by atoms with van der Waals surface area (Å²) in [5.74, 6) is -0.608. The molecule has 230 valence electrons. The summed E-state index contributed by atoms with van der Waals surface area (Å²) in [6, 6.07) is 4.80. The topological polar surface area (TPSA) is 167 Å². The van der Waals surface area contributed by atoms with Gasteiger partial charge in [0.1, 0.15) is 17.3 Å². The first-order valence-corrected chi connectivity index (χ1v) is 14.5. The molecular formula is C32H38FN9O2. The van der Waals surface area contributed by atoms with Gasteiger partial charge in [-0.05, 0) is 63.5 Å². The summed E-state index contributed by atoms with van der Waals surface area (Å²) in [6.07, 6.45) is 3.62. The highest BCUT2D eigenvalue weighted by Gasteiger charge is 2.39. The zero-order valence-corrected chi connectivity index (χ0v) is 25.3. The van der Waals surface area contributed by atoms with Crippen molar-refractivity contribution in [1.29, 1.82) is 10.8 Å². The molecule has 1 fully saturated rings. The fourth-order valence-electron chi connectivity index (χ4n) is 6.10. The Morgan fingerprint density at radius 1 is 1.27 bits per heavy atom. The van der Waals surface area contributed by atoms with E-state index in [0.717, 1.165) is 11.8 Å². The third kappa shape index (κ3) is 5.25. The first-order valence-electron chi connectivity index (χ1n) is 14.5.